The molecule has 2 amide bonds. The van der Waals surface area contributed by atoms with Gasteiger partial charge in [-0.25, -0.2) is 9.18 Å². The SMILES string of the molecule is O=C(COc1ccc2ccc(=O)oc2c1)Nc1cc(NC(=O)c2ccc3c(c2)OCO3)ccc1F. The van der Waals surface area contributed by atoms with E-state index in [1.54, 1.807) is 36.4 Å². The summed E-state index contributed by atoms with van der Waals surface area (Å²) in [6.07, 6.45) is 0. The summed E-state index contributed by atoms with van der Waals surface area (Å²) >= 11 is 0. The molecule has 0 aliphatic carbocycles. The number of benzene rings is 3. The zero-order chi connectivity index (χ0) is 24.4. The van der Waals surface area contributed by atoms with E-state index in [1.165, 1.54) is 24.3 Å². The van der Waals surface area contributed by atoms with Gasteiger partial charge in [0.2, 0.25) is 6.79 Å². The fraction of sp³-hybridized carbons (Fsp3) is 0.0800. The number of amides is 2. The summed E-state index contributed by atoms with van der Waals surface area (Å²) < 4.78 is 35.3. The lowest BCUT2D eigenvalue weighted by atomic mass is 10.2. The van der Waals surface area contributed by atoms with Gasteiger partial charge in [0.05, 0.1) is 5.69 Å². The monoisotopic (exact) mass is 476 g/mol. The number of anilines is 2. The van der Waals surface area contributed by atoms with Crippen LogP contribution in [0.2, 0.25) is 0 Å². The standard InChI is InChI=1S/C25H17FN2O7/c26-18-6-4-16(27-25(31)15-2-7-20-22(9-15)34-13-33-20)10-19(18)28-23(29)12-32-17-5-1-14-3-8-24(30)35-21(14)11-17/h1-11H,12-13H2,(H,27,31)(H,28,29). The van der Waals surface area contributed by atoms with Crippen molar-refractivity contribution in [2.24, 2.45) is 0 Å². The maximum Gasteiger partial charge on any atom is 0.336 e. The molecule has 0 atom stereocenters. The van der Waals surface area contributed by atoms with Crippen LogP contribution in [-0.2, 0) is 4.79 Å². The van der Waals surface area contributed by atoms with Crippen LogP contribution >= 0.6 is 0 Å². The van der Waals surface area contributed by atoms with Gasteiger partial charge in [-0.05, 0) is 54.6 Å². The summed E-state index contributed by atoms with van der Waals surface area (Å²) in [5.41, 5.74) is 0.269. The minimum absolute atomic E-state index is 0.0857. The van der Waals surface area contributed by atoms with Crippen LogP contribution in [0.3, 0.4) is 0 Å². The molecule has 3 aromatic carbocycles. The Morgan fingerprint density at radius 1 is 0.914 bits per heavy atom. The maximum absolute atomic E-state index is 14.3. The summed E-state index contributed by atoms with van der Waals surface area (Å²) in [4.78, 5) is 36.3. The van der Waals surface area contributed by atoms with Gasteiger partial charge < -0.3 is 29.3 Å². The minimum Gasteiger partial charge on any atom is -0.484 e. The van der Waals surface area contributed by atoms with E-state index in [1.807, 2.05) is 0 Å². The average molecular weight is 476 g/mol. The highest BCUT2D eigenvalue weighted by atomic mass is 19.1. The van der Waals surface area contributed by atoms with Crippen molar-refractivity contribution in [3.63, 3.8) is 0 Å². The number of halogens is 1. The molecule has 176 valence electrons. The number of ether oxygens (including phenoxy) is 3. The second kappa shape index (κ2) is 9.18. The van der Waals surface area contributed by atoms with Crippen LogP contribution in [0.1, 0.15) is 10.4 Å². The van der Waals surface area contributed by atoms with Gasteiger partial charge in [0.15, 0.2) is 18.1 Å². The first kappa shape index (κ1) is 22.0. The second-order valence-electron chi connectivity index (χ2n) is 7.51. The zero-order valence-corrected chi connectivity index (χ0v) is 18.0. The van der Waals surface area contributed by atoms with E-state index in [0.717, 1.165) is 6.07 Å². The van der Waals surface area contributed by atoms with Gasteiger partial charge in [0, 0.05) is 28.8 Å². The molecular formula is C25H17FN2O7. The molecule has 0 saturated heterocycles. The van der Waals surface area contributed by atoms with Crippen molar-refractivity contribution < 1.29 is 32.6 Å². The predicted octanol–water partition coefficient (Wildman–Crippen LogP) is 3.93. The molecule has 0 unspecified atom stereocenters. The summed E-state index contributed by atoms with van der Waals surface area (Å²) in [7, 11) is 0. The van der Waals surface area contributed by atoms with E-state index in [9.17, 15) is 18.8 Å². The normalized spacial score (nSPS) is 11.8. The first-order valence-corrected chi connectivity index (χ1v) is 10.4. The molecule has 9 nitrogen and oxygen atoms in total. The molecule has 2 N–H and O–H groups in total. The van der Waals surface area contributed by atoms with Crippen molar-refractivity contribution in [1.29, 1.82) is 0 Å². The molecule has 1 aliphatic rings. The first-order valence-electron chi connectivity index (χ1n) is 10.4. The van der Waals surface area contributed by atoms with Crippen molar-refractivity contribution in [3.8, 4) is 17.2 Å². The number of hydrogen-bond acceptors (Lipinski definition) is 7. The minimum atomic E-state index is -0.688. The third kappa shape index (κ3) is 4.91. The molecule has 1 aromatic heterocycles. The topological polar surface area (TPSA) is 116 Å². The fourth-order valence-corrected chi connectivity index (χ4v) is 3.41. The molecule has 0 radical (unpaired) electrons. The van der Waals surface area contributed by atoms with Crippen LogP contribution in [0.15, 0.2) is 75.9 Å². The fourth-order valence-electron chi connectivity index (χ4n) is 3.41. The van der Waals surface area contributed by atoms with E-state index in [4.69, 9.17) is 18.6 Å². The Bertz CT molecular complexity index is 1520. The molecule has 35 heavy (non-hydrogen) atoms. The number of hydrogen-bond donors (Lipinski definition) is 2. The summed E-state index contributed by atoms with van der Waals surface area (Å²) in [5, 5.41) is 5.76. The Kier molecular flexibility index (Phi) is 5.76. The Balaban J connectivity index is 1.22. The molecule has 10 heteroatoms. The summed E-state index contributed by atoms with van der Waals surface area (Å²) in [5.74, 6) is -0.461. The van der Waals surface area contributed by atoms with E-state index in [2.05, 4.69) is 10.6 Å². The molecular weight excluding hydrogens is 459 g/mol. The van der Waals surface area contributed by atoms with Crippen molar-refractivity contribution in [1.82, 2.24) is 0 Å². The third-order valence-electron chi connectivity index (χ3n) is 5.10. The average Bonchev–Trinajstić information content (AvgIpc) is 3.32. The van der Waals surface area contributed by atoms with E-state index in [0.29, 0.717) is 33.8 Å². The largest absolute Gasteiger partial charge is 0.484 e. The van der Waals surface area contributed by atoms with Crippen LogP contribution in [0.5, 0.6) is 17.2 Å². The number of carbonyl (C=O) groups is 2. The van der Waals surface area contributed by atoms with Crippen LogP contribution in [-0.4, -0.2) is 25.2 Å². The van der Waals surface area contributed by atoms with E-state index < -0.39 is 29.9 Å². The highest BCUT2D eigenvalue weighted by Crippen LogP contribution is 2.32. The van der Waals surface area contributed by atoms with E-state index in [-0.39, 0.29) is 18.2 Å². The first-order chi connectivity index (χ1) is 16.9. The Morgan fingerprint density at radius 2 is 1.74 bits per heavy atom. The maximum atomic E-state index is 14.3. The lowest BCUT2D eigenvalue weighted by molar-refractivity contribution is -0.118. The van der Waals surface area contributed by atoms with Gasteiger partial charge in [-0.15, -0.1) is 0 Å². The Morgan fingerprint density at radius 3 is 2.63 bits per heavy atom. The third-order valence-corrected chi connectivity index (χ3v) is 5.10. The van der Waals surface area contributed by atoms with Crippen molar-refractivity contribution in [3.05, 3.63) is 88.5 Å². The van der Waals surface area contributed by atoms with Crippen molar-refractivity contribution in [2.75, 3.05) is 24.0 Å². The molecule has 4 aromatic rings. The highest BCUT2D eigenvalue weighted by molar-refractivity contribution is 6.05. The second-order valence-corrected chi connectivity index (χ2v) is 7.51. The zero-order valence-electron chi connectivity index (χ0n) is 18.0. The number of fused-ring (bicyclic) bond motifs is 2. The molecule has 0 fully saturated rings. The van der Waals surface area contributed by atoms with E-state index >= 15 is 0 Å². The number of rotatable bonds is 6. The van der Waals surface area contributed by atoms with Crippen LogP contribution in [0, 0.1) is 5.82 Å². The van der Waals surface area contributed by atoms with Crippen LogP contribution < -0.4 is 30.5 Å². The number of nitrogens with one attached hydrogen (secondary N) is 2. The Hall–Kier alpha value is -4.86. The smallest absolute Gasteiger partial charge is 0.336 e. The quantitative estimate of drug-likeness (QED) is 0.405. The van der Waals surface area contributed by atoms with Gasteiger partial charge in [0.1, 0.15) is 17.1 Å². The molecule has 0 saturated carbocycles. The molecule has 0 spiro atoms. The van der Waals surface area contributed by atoms with Crippen LogP contribution in [0.4, 0.5) is 15.8 Å². The number of carbonyl (C=O) groups excluding carboxylic acids is 2. The van der Waals surface area contributed by atoms with Gasteiger partial charge in [-0.1, -0.05) is 0 Å². The van der Waals surface area contributed by atoms with Gasteiger partial charge in [0.25, 0.3) is 11.8 Å². The highest BCUT2D eigenvalue weighted by Gasteiger charge is 2.17. The summed E-state index contributed by atoms with van der Waals surface area (Å²) in [6.45, 7) is -0.335. The van der Waals surface area contributed by atoms with Crippen LogP contribution in [0.25, 0.3) is 11.0 Å². The van der Waals surface area contributed by atoms with Gasteiger partial charge in [-0.2, -0.15) is 0 Å². The lowest BCUT2D eigenvalue weighted by Gasteiger charge is -2.11. The Labute approximate surface area is 197 Å². The van der Waals surface area contributed by atoms with Gasteiger partial charge in [-0.3, -0.25) is 9.59 Å². The molecule has 5 rings (SSSR count). The van der Waals surface area contributed by atoms with Gasteiger partial charge >= 0.3 is 5.63 Å². The molecule has 0 bridgehead atoms. The van der Waals surface area contributed by atoms with Crippen molar-refractivity contribution >= 4 is 34.2 Å². The van der Waals surface area contributed by atoms with Crippen molar-refractivity contribution in [2.45, 2.75) is 0 Å². The molecule has 2 heterocycles. The predicted molar refractivity (Wildman–Crippen MR) is 124 cm³/mol. The lowest BCUT2D eigenvalue weighted by Crippen LogP contribution is -2.21. The molecule has 1 aliphatic heterocycles. The summed E-state index contributed by atoms with van der Waals surface area (Å²) in [6, 6.07) is 16.2.